The minimum Gasteiger partial charge on any atom is -0.489 e. The molecule has 0 amide bonds. The molecule has 0 fully saturated rings. The summed E-state index contributed by atoms with van der Waals surface area (Å²) in [5.74, 6) is 2.21. The van der Waals surface area contributed by atoms with Crippen molar-refractivity contribution in [2.75, 3.05) is 13.1 Å². The third-order valence-corrected chi connectivity index (χ3v) is 3.75. The first-order chi connectivity index (χ1) is 9.40. The molecule has 2 nitrogen and oxygen atoms in total. The zero-order valence-corrected chi connectivity index (χ0v) is 15.0. The highest BCUT2D eigenvalue weighted by molar-refractivity contribution is 9.10. The van der Waals surface area contributed by atoms with Crippen molar-refractivity contribution in [2.24, 2.45) is 5.92 Å². The number of hydrogen-bond acceptors (Lipinski definition) is 2. The summed E-state index contributed by atoms with van der Waals surface area (Å²) < 4.78 is 7.19. The highest BCUT2D eigenvalue weighted by Crippen LogP contribution is 2.30. The van der Waals surface area contributed by atoms with Crippen LogP contribution in [0.25, 0.3) is 0 Å². The Labute approximate surface area is 132 Å². The lowest BCUT2D eigenvalue weighted by Crippen LogP contribution is -2.30. The highest BCUT2D eigenvalue weighted by atomic mass is 79.9. The van der Waals surface area contributed by atoms with Crippen molar-refractivity contribution in [2.45, 2.75) is 53.1 Å². The van der Waals surface area contributed by atoms with E-state index in [9.17, 15) is 0 Å². The van der Waals surface area contributed by atoms with E-state index in [0.717, 1.165) is 29.2 Å². The van der Waals surface area contributed by atoms with Crippen LogP contribution in [0.1, 0.15) is 52.5 Å². The largest absolute Gasteiger partial charge is 0.489 e. The van der Waals surface area contributed by atoms with Crippen LogP contribution in [0, 0.1) is 5.92 Å². The minimum atomic E-state index is 0.181. The predicted molar refractivity (Wildman–Crippen MR) is 90.6 cm³/mol. The van der Waals surface area contributed by atoms with Gasteiger partial charge in [-0.15, -0.1) is 0 Å². The fourth-order valence-electron chi connectivity index (χ4n) is 2.03. The first kappa shape index (κ1) is 17.5. The summed E-state index contributed by atoms with van der Waals surface area (Å²) in [6, 6.07) is 6.25. The van der Waals surface area contributed by atoms with E-state index in [1.165, 1.54) is 12.0 Å². The van der Waals surface area contributed by atoms with E-state index < -0.39 is 0 Å². The summed E-state index contributed by atoms with van der Waals surface area (Å²) in [5.41, 5.74) is 1.26. The van der Waals surface area contributed by atoms with Gasteiger partial charge in [0.15, 0.2) is 0 Å². The van der Waals surface area contributed by atoms with Gasteiger partial charge in [0, 0.05) is 11.0 Å². The topological polar surface area (TPSA) is 21.3 Å². The molecule has 0 aliphatic rings. The van der Waals surface area contributed by atoms with Crippen molar-refractivity contribution in [1.82, 2.24) is 5.32 Å². The average molecular weight is 342 g/mol. The molecule has 114 valence electrons. The van der Waals surface area contributed by atoms with E-state index in [4.69, 9.17) is 4.74 Å². The van der Waals surface area contributed by atoms with Gasteiger partial charge in [-0.25, -0.2) is 0 Å². The zero-order valence-electron chi connectivity index (χ0n) is 13.4. The molecule has 1 aromatic carbocycles. The van der Waals surface area contributed by atoms with Crippen LogP contribution in [-0.2, 0) is 0 Å². The molecule has 0 saturated heterocycles. The number of benzene rings is 1. The second-order valence-electron chi connectivity index (χ2n) is 6.15. The molecular weight excluding hydrogens is 314 g/mol. The van der Waals surface area contributed by atoms with Gasteiger partial charge < -0.3 is 10.1 Å². The molecule has 20 heavy (non-hydrogen) atoms. The van der Waals surface area contributed by atoms with Crippen molar-refractivity contribution in [1.29, 1.82) is 0 Å². The van der Waals surface area contributed by atoms with Gasteiger partial charge in [0.25, 0.3) is 0 Å². The van der Waals surface area contributed by atoms with Gasteiger partial charge in [-0.3, -0.25) is 0 Å². The fourth-order valence-corrected chi connectivity index (χ4v) is 2.41. The van der Waals surface area contributed by atoms with Crippen LogP contribution in [0.5, 0.6) is 5.75 Å². The number of halogens is 1. The Hall–Kier alpha value is -0.540. The molecule has 0 bridgehead atoms. The van der Waals surface area contributed by atoms with Crippen LogP contribution in [0.3, 0.4) is 0 Å². The molecule has 1 N–H and O–H groups in total. The average Bonchev–Trinajstić information content (AvgIpc) is 2.36. The molecule has 1 atom stereocenters. The van der Waals surface area contributed by atoms with Gasteiger partial charge in [0.1, 0.15) is 11.9 Å². The van der Waals surface area contributed by atoms with E-state index in [2.05, 4.69) is 68.0 Å². The van der Waals surface area contributed by atoms with Crippen molar-refractivity contribution >= 4 is 15.9 Å². The lowest BCUT2D eigenvalue weighted by molar-refractivity contribution is 0.214. The Morgan fingerprint density at radius 2 is 1.85 bits per heavy atom. The molecule has 0 aromatic heterocycles. The molecule has 0 aliphatic heterocycles. The van der Waals surface area contributed by atoms with Crippen LogP contribution in [0.15, 0.2) is 22.7 Å². The normalized spacial score (nSPS) is 13.0. The van der Waals surface area contributed by atoms with Crippen LogP contribution in [0.4, 0.5) is 0 Å². The van der Waals surface area contributed by atoms with Crippen molar-refractivity contribution in [3.63, 3.8) is 0 Å². The molecule has 0 radical (unpaired) electrons. The molecular formula is C17H28BrNO. The van der Waals surface area contributed by atoms with Gasteiger partial charge in [-0.05, 0) is 55.5 Å². The maximum absolute atomic E-state index is 6.09. The lowest BCUT2D eigenvalue weighted by Gasteiger charge is -2.20. The summed E-state index contributed by atoms with van der Waals surface area (Å²) in [7, 11) is 0. The maximum Gasteiger partial charge on any atom is 0.123 e. The maximum atomic E-state index is 6.09. The summed E-state index contributed by atoms with van der Waals surface area (Å²) >= 11 is 3.53. The molecule has 0 saturated carbocycles. The second-order valence-corrected chi connectivity index (χ2v) is 7.07. The van der Waals surface area contributed by atoms with Gasteiger partial charge in [0.2, 0.25) is 0 Å². The number of nitrogens with one attached hydrogen (secondary N) is 1. The number of rotatable bonds is 8. The van der Waals surface area contributed by atoms with E-state index in [-0.39, 0.29) is 6.10 Å². The first-order valence-electron chi connectivity index (χ1n) is 7.57. The Morgan fingerprint density at radius 1 is 1.15 bits per heavy atom. The summed E-state index contributed by atoms with van der Waals surface area (Å²) in [6.45, 7) is 13.0. The third-order valence-electron chi connectivity index (χ3n) is 3.25. The number of ether oxygens (including phenoxy) is 1. The second kappa shape index (κ2) is 8.68. The van der Waals surface area contributed by atoms with Gasteiger partial charge in [0.05, 0.1) is 0 Å². The summed E-state index contributed by atoms with van der Waals surface area (Å²) in [6.07, 6.45) is 1.39. The van der Waals surface area contributed by atoms with Gasteiger partial charge in [-0.2, -0.15) is 0 Å². The molecule has 3 heteroatoms. The minimum absolute atomic E-state index is 0.181. The zero-order chi connectivity index (χ0) is 15.1. The lowest BCUT2D eigenvalue weighted by atomic mass is 10.0. The molecule has 1 rings (SSSR count). The number of hydrogen-bond donors (Lipinski definition) is 1. The molecule has 0 aliphatic carbocycles. The predicted octanol–water partition coefficient (Wildman–Crippen LogP) is 4.98. The highest BCUT2D eigenvalue weighted by Gasteiger charge is 2.11. The third kappa shape index (κ3) is 6.27. The van der Waals surface area contributed by atoms with E-state index in [1.54, 1.807) is 0 Å². The van der Waals surface area contributed by atoms with Crippen LogP contribution < -0.4 is 10.1 Å². The van der Waals surface area contributed by atoms with E-state index in [0.29, 0.717) is 5.92 Å². The van der Waals surface area contributed by atoms with Crippen molar-refractivity contribution in [3.05, 3.63) is 28.2 Å². The Morgan fingerprint density at radius 3 is 2.45 bits per heavy atom. The van der Waals surface area contributed by atoms with Crippen LogP contribution in [0.2, 0.25) is 0 Å². The van der Waals surface area contributed by atoms with Crippen LogP contribution in [-0.4, -0.2) is 19.2 Å². The molecule has 0 heterocycles. The monoisotopic (exact) mass is 341 g/mol. The fraction of sp³-hybridized carbons (Fsp3) is 0.647. The standard InChI is InChI=1S/C17H28BrNO/c1-12(2)8-9-19-11-14(5)20-17-7-6-15(18)10-16(17)13(3)4/h6-7,10,12-14,19H,8-9,11H2,1-5H3. The quantitative estimate of drug-likeness (QED) is 0.673. The van der Waals surface area contributed by atoms with Gasteiger partial charge >= 0.3 is 0 Å². The Balaban J connectivity index is 2.51. The van der Waals surface area contributed by atoms with Crippen molar-refractivity contribution < 1.29 is 4.74 Å². The molecule has 0 spiro atoms. The van der Waals surface area contributed by atoms with Crippen LogP contribution >= 0.6 is 15.9 Å². The smallest absolute Gasteiger partial charge is 0.123 e. The Bertz CT molecular complexity index is 404. The summed E-state index contributed by atoms with van der Waals surface area (Å²) in [5, 5.41) is 3.46. The van der Waals surface area contributed by atoms with E-state index >= 15 is 0 Å². The first-order valence-corrected chi connectivity index (χ1v) is 8.36. The van der Waals surface area contributed by atoms with Gasteiger partial charge in [-0.1, -0.05) is 43.6 Å². The molecule has 1 aromatic rings. The molecule has 1 unspecified atom stereocenters. The van der Waals surface area contributed by atoms with E-state index in [1.807, 2.05) is 6.07 Å². The SMILES string of the molecule is CC(C)CCNCC(C)Oc1ccc(Br)cc1C(C)C. The van der Waals surface area contributed by atoms with Crippen molar-refractivity contribution in [3.8, 4) is 5.75 Å². The summed E-state index contributed by atoms with van der Waals surface area (Å²) in [4.78, 5) is 0. The Kier molecular flexibility index (Phi) is 7.60.